The smallest absolute Gasteiger partial charge is 0.407 e. The number of alkyl carbamates (subject to hydrolysis) is 1. The van der Waals surface area contributed by atoms with Gasteiger partial charge in [0.05, 0.1) is 11.5 Å². The fourth-order valence-corrected chi connectivity index (χ4v) is 2.30. The van der Waals surface area contributed by atoms with Crippen molar-refractivity contribution >= 4 is 17.6 Å². The van der Waals surface area contributed by atoms with E-state index in [1.54, 1.807) is 25.5 Å². The van der Waals surface area contributed by atoms with E-state index in [4.69, 9.17) is 4.74 Å². The zero-order valence-electron chi connectivity index (χ0n) is 13.0. The summed E-state index contributed by atoms with van der Waals surface area (Å²) in [6, 6.07) is 0. The van der Waals surface area contributed by atoms with E-state index < -0.39 is 16.6 Å². The van der Waals surface area contributed by atoms with E-state index in [1.165, 1.54) is 6.20 Å². The fraction of sp³-hybridized carbons (Fsp3) is 0.692. The summed E-state index contributed by atoms with van der Waals surface area (Å²) in [6.45, 7) is 7.81. The Kier molecular flexibility index (Phi) is 4.53. The monoisotopic (exact) mass is 311 g/mol. The van der Waals surface area contributed by atoms with E-state index in [-0.39, 0.29) is 5.69 Å². The molecule has 9 nitrogen and oxygen atoms in total. The van der Waals surface area contributed by atoms with Crippen LogP contribution in [0.1, 0.15) is 27.2 Å². The summed E-state index contributed by atoms with van der Waals surface area (Å²) in [5.41, 5.74) is -0.496. The second-order valence-electron chi connectivity index (χ2n) is 6.10. The molecule has 0 saturated carbocycles. The summed E-state index contributed by atoms with van der Waals surface area (Å²) >= 11 is 0. The minimum Gasteiger partial charge on any atom is -0.444 e. The lowest BCUT2D eigenvalue weighted by atomic mass is 10.2. The number of rotatable bonds is 5. The molecule has 1 aliphatic heterocycles. The maximum atomic E-state index is 11.5. The van der Waals surface area contributed by atoms with E-state index in [0.29, 0.717) is 38.4 Å². The summed E-state index contributed by atoms with van der Waals surface area (Å²) in [7, 11) is 0. The van der Waals surface area contributed by atoms with Crippen LogP contribution in [-0.2, 0) is 11.3 Å². The minimum atomic E-state index is -0.522. The molecule has 0 aromatic carbocycles. The van der Waals surface area contributed by atoms with Crippen LogP contribution in [0.15, 0.2) is 6.20 Å². The number of nitro groups is 1. The summed E-state index contributed by atoms with van der Waals surface area (Å²) in [5.74, 6) is 0.544. The molecule has 0 spiro atoms. The SMILES string of the molecule is CC(C)(C)OC(=O)NCCCN1CCn2ncc([N+](=O)[O-])c21. The van der Waals surface area contributed by atoms with Gasteiger partial charge in [-0.1, -0.05) is 0 Å². The Morgan fingerprint density at radius 2 is 2.23 bits per heavy atom. The van der Waals surface area contributed by atoms with Crippen LogP contribution in [0, 0.1) is 10.1 Å². The highest BCUT2D eigenvalue weighted by Crippen LogP contribution is 2.31. The average molecular weight is 311 g/mol. The number of ether oxygens (including phenoxy) is 1. The van der Waals surface area contributed by atoms with Crippen molar-refractivity contribution in [3.8, 4) is 0 Å². The van der Waals surface area contributed by atoms with Crippen LogP contribution in [0.3, 0.4) is 0 Å². The second-order valence-corrected chi connectivity index (χ2v) is 6.10. The molecule has 1 aliphatic rings. The first-order valence-electron chi connectivity index (χ1n) is 7.20. The van der Waals surface area contributed by atoms with Crippen molar-refractivity contribution in [3.05, 3.63) is 16.3 Å². The Balaban J connectivity index is 1.79. The lowest BCUT2D eigenvalue weighted by Gasteiger charge is -2.20. The molecule has 9 heteroatoms. The van der Waals surface area contributed by atoms with Gasteiger partial charge in [0, 0.05) is 19.6 Å². The molecule has 0 radical (unpaired) electrons. The topological polar surface area (TPSA) is 103 Å². The van der Waals surface area contributed by atoms with Crippen LogP contribution < -0.4 is 10.2 Å². The van der Waals surface area contributed by atoms with Crippen molar-refractivity contribution in [2.45, 2.75) is 39.3 Å². The Morgan fingerprint density at radius 3 is 2.86 bits per heavy atom. The van der Waals surface area contributed by atoms with Crippen molar-refractivity contribution in [1.82, 2.24) is 15.1 Å². The first-order valence-corrected chi connectivity index (χ1v) is 7.20. The highest BCUT2D eigenvalue weighted by atomic mass is 16.6. The molecule has 0 bridgehead atoms. The Morgan fingerprint density at radius 1 is 1.50 bits per heavy atom. The molecule has 2 rings (SSSR count). The lowest BCUT2D eigenvalue weighted by Crippen LogP contribution is -2.34. The van der Waals surface area contributed by atoms with E-state index in [1.807, 2.05) is 4.90 Å². The maximum absolute atomic E-state index is 11.5. The van der Waals surface area contributed by atoms with E-state index in [9.17, 15) is 14.9 Å². The number of nitrogens with zero attached hydrogens (tertiary/aromatic N) is 4. The molecule has 0 atom stereocenters. The lowest BCUT2D eigenvalue weighted by molar-refractivity contribution is -0.384. The zero-order valence-corrected chi connectivity index (χ0v) is 13.0. The number of carbonyl (C=O) groups is 1. The van der Waals surface area contributed by atoms with Crippen molar-refractivity contribution in [3.63, 3.8) is 0 Å². The largest absolute Gasteiger partial charge is 0.444 e. The maximum Gasteiger partial charge on any atom is 0.407 e. The molecule has 1 aromatic rings. The standard InChI is InChI=1S/C13H21N5O4/c1-13(2,3)22-12(19)14-5-4-6-16-7-8-17-11(16)10(9-15-17)18(20)21/h9H,4-8H2,1-3H3,(H,14,19). The van der Waals surface area contributed by atoms with Crippen molar-refractivity contribution in [2.24, 2.45) is 0 Å². The number of aromatic nitrogens is 2. The van der Waals surface area contributed by atoms with Crippen molar-refractivity contribution < 1.29 is 14.5 Å². The van der Waals surface area contributed by atoms with E-state index >= 15 is 0 Å². The summed E-state index contributed by atoms with van der Waals surface area (Å²) < 4.78 is 6.78. The molecule has 1 N–H and O–H groups in total. The molecule has 22 heavy (non-hydrogen) atoms. The Hall–Kier alpha value is -2.32. The van der Waals surface area contributed by atoms with Crippen LogP contribution in [-0.4, -0.2) is 46.0 Å². The van der Waals surface area contributed by atoms with Gasteiger partial charge in [-0.25, -0.2) is 9.48 Å². The van der Waals surface area contributed by atoms with Gasteiger partial charge in [-0.15, -0.1) is 0 Å². The summed E-state index contributed by atoms with van der Waals surface area (Å²) in [5, 5.41) is 17.7. The second kappa shape index (κ2) is 6.20. The van der Waals surface area contributed by atoms with Crippen molar-refractivity contribution in [2.75, 3.05) is 24.5 Å². The summed E-state index contributed by atoms with van der Waals surface area (Å²) in [6.07, 6.45) is 1.49. The van der Waals surface area contributed by atoms with Gasteiger partial charge in [-0.3, -0.25) is 10.1 Å². The first kappa shape index (κ1) is 16.1. The number of carbonyl (C=O) groups excluding carboxylic acids is 1. The molecule has 0 unspecified atom stereocenters. The molecule has 1 aromatic heterocycles. The molecule has 1 amide bonds. The number of amides is 1. The number of nitrogens with one attached hydrogen (secondary N) is 1. The van der Waals surface area contributed by atoms with Crippen LogP contribution in [0.5, 0.6) is 0 Å². The van der Waals surface area contributed by atoms with Crippen molar-refractivity contribution in [1.29, 1.82) is 0 Å². The van der Waals surface area contributed by atoms with E-state index in [2.05, 4.69) is 10.4 Å². The van der Waals surface area contributed by atoms with Gasteiger partial charge >= 0.3 is 11.8 Å². The molecular formula is C13H21N5O4. The predicted octanol–water partition coefficient (Wildman–Crippen LogP) is 1.53. The van der Waals surface area contributed by atoms with Gasteiger partial charge in [-0.2, -0.15) is 5.10 Å². The molecule has 122 valence electrons. The minimum absolute atomic E-state index is 0.0256. The number of anilines is 1. The fourth-order valence-electron chi connectivity index (χ4n) is 2.30. The van der Waals surface area contributed by atoms with Gasteiger partial charge in [0.25, 0.3) is 0 Å². The number of hydrogen-bond donors (Lipinski definition) is 1. The van der Waals surface area contributed by atoms with Crippen LogP contribution >= 0.6 is 0 Å². The highest BCUT2D eigenvalue weighted by Gasteiger charge is 2.30. The molecule has 0 saturated heterocycles. The molecular weight excluding hydrogens is 290 g/mol. The Labute approximate surface area is 128 Å². The van der Waals surface area contributed by atoms with Crippen LogP contribution in [0.2, 0.25) is 0 Å². The number of fused-ring (bicyclic) bond motifs is 1. The quantitative estimate of drug-likeness (QED) is 0.502. The molecule has 0 aliphatic carbocycles. The van der Waals surface area contributed by atoms with Gasteiger partial charge < -0.3 is 15.0 Å². The van der Waals surface area contributed by atoms with Crippen LogP contribution in [0.4, 0.5) is 16.3 Å². The Bertz CT molecular complexity index is 563. The van der Waals surface area contributed by atoms with Gasteiger partial charge in [0.2, 0.25) is 5.82 Å². The van der Waals surface area contributed by atoms with Gasteiger partial charge in [-0.05, 0) is 27.2 Å². The van der Waals surface area contributed by atoms with E-state index in [0.717, 1.165) is 0 Å². The van der Waals surface area contributed by atoms with Gasteiger partial charge in [0.1, 0.15) is 11.8 Å². The summed E-state index contributed by atoms with van der Waals surface area (Å²) in [4.78, 5) is 24.0. The number of hydrogen-bond acceptors (Lipinski definition) is 6. The third-order valence-corrected chi connectivity index (χ3v) is 3.14. The molecule has 2 heterocycles. The zero-order chi connectivity index (χ0) is 16.3. The van der Waals surface area contributed by atoms with Crippen LogP contribution in [0.25, 0.3) is 0 Å². The van der Waals surface area contributed by atoms with Gasteiger partial charge in [0.15, 0.2) is 0 Å². The molecule has 0 fully saturated rings. The highest BCUT2D eigenvalue weighted by molar-refractivity contribution is 5.67. The average Bonchev–Trinajstić information content (AvgIpc) is 2.94. The predicted molar refractivity (Wildman–Crippen MR) is 79.9 cm³/mol. The third-order valence-electron chi connectivity index (χ3n) is 3.14. The third kappa shape index (κ3) is 3.86. The first-order chi connectivity index (χ1) is 10.3. The normalized spacial score (nSPS) is 13.9.